The summed E-state index contributed by atoms with van der Waals surface area (Å²) in [5.74, 6) is 0. The van der Waals surface area contributed by atoms with Crippen LogP contribution >= 0.6 is 15.9 Å². The molecule has 0 unspecified atom stereocenters. The van der Waals surface area contributed by atoms with Gasteiger partial charge < -0.3 is 4.57 Å². The topological polar surface area (TPSA) is 4.93 Å². The van der Waals surface area contributed by atoms with Crippen LogP contribution in [0.5, 0.6) is 0 Å². The van der Waals surface area contributed by atoms with Gasteiger partial charge in [0.05, 0.1) is 16.7 Å². The van der Waals surface area contributed by atoms with Crippen LogP contribution in [0.25, 0.3) is 27.5 Å². The Kier molecular flexibility index (Phi) is 3.73. The molecule has 0 saturated heterocycles. The first-order valence-electron chi connectivity index (χ1n) is 8.39. The number of benzene rings is 3. The van der Waals surface area contributed by atoms with Crippen LogP contribution in [0.2, 0.25) is 0 Å². The average Bonchev–Trinajstić information content (AvgIpc) is 2.91. The molecule has 0 aliphatic carbocycles. The van der Waals surface area contributed by atoms with E-state index < -0.39 is 0 Å². The maximum absolute atomic E-state index is 3.72. The minimum atomic E-state index is 1.06. The van der Waals surface area contributed by atoms with Crippen LogP contribution in [-0.4, -0.2) is 4.57 Å². The van der Waals surface area contributed by atoms with Crippen molar-refractivity contribution in [2.45, 2.75) is 27.2 Å². The molecule has 1 nitrogen and oxygen atoms in total. The minimum Gasteiger partial charge on any atom is -0.309 e. The fourth-order valence-corrected chi connectivity index (χ4v) is 4.09. The van der Waals surface area contributed by atoms with Crippen LogP contribution in [-0.2, 0) is 6.42 Å². The van der Waals surface area contributed by atoms with E-state index in [2.05, 4.69) is 95.9 Å². The third-order valence-corrected chi connectivity index (χ3v) is 5.67. The Bertz CT molecular complexity index is 1070. The van der Waals surface area contributed by atoms with Gasteiger partial charge in [-0.15, -0.1) is 0 Å². The van der Waals surface area contributed by atoms with Crippen molar-refractivity contribution < 1.29 is 0 Å². The molecular formula is C22H20BrN. The minimum absolute atomic E-state index is 1.06. The first kappa shape index (κ1) is 15.5. The normalized spacial score (nSPS) is 11.5. The van der Waals surface area contributed by atoms with E-state index >= 15 is 0 Å². The van der Waals surface area contributed by atoms with Gasteiger partial charge in [-0.3, -0.25) is 0 Å². The summed E-state index contributed by atoms with van der Waals surface area (Å²) in [5, 5.41) is 2.65. The molecule has 0 amide bonds. The summed E-state index contributed by atoms with van der Waals surface area (Å²) < 4.78 is 3.56. The molecule has 0 N–H and O–H groups in total. The third-order valence-electron chi connectivity index (χ3n) is 4.85. The fourth-order valence-electron chi connectivity index (χ4n) is 3.53. The molecule has 0 radical (unpaired) electrons. The summed E-state index contributed by atoms with van der Waals surface area (Å²) in [7, 11) is 0. The van der Waals surface area contributed by atoms with E-state index in [1.165, 1.54) is 44.2 Å². The lowest BCUT2D eigenvalue weighted by Gasteiger charge is -2.14. The van der Waals surface area contributed by atoms with Crippen molar-refractivity contribution in [1.82, 2.24) is 4.57 Å². The summed E-state index contributed by atoms with van der Waals surface area (Å²) >= 11 is 3.72. The number of nitrogens with zero attached hydrogens (tertiary/aromatic N) is 1. The number of hydrogen-bond donors (Lipinski definition) is 0. The van der Waals surface area contributed by atoms with E-state index in [1.807, 2.05) is 0 Å². The van der Waals surface area contributed by atoms with E-state index in [1.54, 1.807) is 0 Å². The molecule has 0 aliphatic heterocycles. The Hall–Kier alpha value is -2.06. The molecule has 24 heavy (non-hydrogen) atoms. The van der Waals surface area contributed by atoms with Gasteiger partial charge in [0.1, 0.15) is 0 Å². The SMILES string of the molecule is CCc1ccc2c(c1)c1ccccc1n2-c1cc(C)cc(Br)c1C. The lowest BCUT2D eigenvalue weighted by Crippen LogP contribution is -1.98. The predicted molar refractivity (Wildman–Crippen MR) is 107 cm³/mol. The van der Waals surface area contributed by atoms with Crippen LogP contribution in [0.1, 0.15) is 23.6 Å². The fraction of sp³-hybridized carbons (Fsp3) is 0.182. The molecule has 2 heteroatoms. The van der Waals surface area contributed by atoms with E-state index in [0.29, 0.717) is 0 Å². The van der Waals surface area contributed by atoms with Gasteiger partial charge in [-0.25, -0.2) is 0 Å². The number of hydrogen-bond acceptors (Lipinski definition) is 0. The average molecular weight is 378 g/mol. The first-order valence-corrected chi connectivity index (χ1v) is 9.18. The summed E-state index contributed by atoms with van der Waals surface area (Å²) in [6, 6.07) is 20.0. The molecule has 1 aromatic heterocycles. The summed E-state index contributed by atoms with van der Waals surface area (Å²) in [6.45, 7) is 6.54. The highest BCUT2D eigenvalue weighted by Crippen LogP contribution is 2.35. The quantitative estimate of drug-likeness (QED) is 0.365. The molecule has 0 spiro atoms. The summed E-state index contributed by atoms with van der Waals surface area (Å²) in [5.41, 5.74) is 7.70. The van der Waals surface area contributed by atoms with Crippen molar-refractivity contribution in [2.24, 2.45) is 0 Å². The molecule has 4 rings (SSSR count). The number of halogens is 1. The monoisotopic (exact) mass is 377 g/mol. The predicted octanol–water partition coefficient (Wildman–Crippen LogP) is 6.73. The molecule has 0 aliphatic rings. The lowest BCUT2D eigenvalue weighted by atomic mass is 10.1. The van der Waals surface area contributed by atoms with Crippen LogP contribution in [0.4, 0.5) is 0 Å². The number of aryl methyl sites for hydroxylation is 2. The molecule has 0 fully saturated rings. The van der Waals surface area contributed by atoms with Crippen LogP contribution in [0.15, 0.2) is 59.1 Å². The Morgan fingerprint density at radius 1 is 0.875 bits per heavy atom. The molecule has 0 bridgehead atoms. The zero-order chi connectivity index (χ0) is 16.8. The standard InChI is InChI=1S/C22H20BrN/c1-4-16-9-10-21-18(13-16)17-7-5-6-8-20(17)24(21)22-12-14(2)11-19(23)15(22)3/h5-13H,4H2,1-3H3. The first-order chi connectivity index (χ1) is 11.6. The van der Waals surface area contributed by atoms with E-state index in [9.17, 15) is 0 Å². The number of fused-ring (bicyclic) bond motifs is 3. The Morgan fingerprint density at radius 3 is 2.42 bits per heavy atom. The Balaban J connectivity index is 2.19. The number of para-hydroxylation sites is 1. The second kappa shape index (κ2) is 5.78. The zero-order valence-electron chi connectivity index (χ0n) is 14.2. The van der Waals surface area contributed by atoms with Crippen molar-refractivity contribution in [3.63, 3.8) is 0 Å². The highest BCUT2D eigenvalue weighted by Gasteiger charge is 2.15. The van der Waals surface area contributed by atoms with Crippen molar-refractivity contribution in [1.29, 1.82) is 0 Å². The molecule has 3 aromatic carbocycles. The van der Waals surface area contributed by atoms with Gasteiger partial charge in [-0.05, 0) is 67.3 Å². The van der Waals surface area contributed by atoms with Crippen LogP contribution in [0, 0.1) is 13.8 Å². The van der Waals surface area contributed by atoms with Gasteiger partial charge in [0, 0.05) is 15.2 Å². The van der Waals surface area contributed by atoms with Gasteiger partial charge in [-0.2, -0.15) is 0 Å². The van der Waals surface area contributed by atoms with Gasteiger partial charge in [0.15, 0.2) is 0 Å². The number of rotatable bonds is 2. The van der Waals surface area contributed by atoms with Gasteiger partial charge >= 0.3 is 0 Å². The second-order valence-electron chi connectivity index (χ2n) is 6.45. The smallest absolute Gasteiger partial charge is 0.0541 e. The summed E-state index contributed by atoms with van der Waals surface area (Å²) in [6.07, 6.45) is 1.06. The van der Waals surface area contributed by atoms with Crippen molar-refractivity contribution in [3.05, 3.63) is 75.8 Å². The van der Waals surface area contributed by atoms with Gasteiger partial charge in [0.25, 0.3) is 0 Å². The largest absolute Gasteiger partial charge is 0.309 e. The maximum Gasteiger partial charge on any atom is 0.0541 e. The van der Waals surface area contributed by atoms with Crippen molar-refractivity contribution >= 4 is 37.7 Å². The Labute approximate surface area is 151 Å². The maximum atomic E-state index is 3.72. The van der Waals surface area contributed by atoms with Gasteiger partial charge in [0.2, 0.25) is 0 Å². The molecule has 0 atom stereocenters. The molecule has 1 heterocycles. The number of aromatic nitrogens is 1. The second-order valence-corrected chi connectivity index (χ2v) is 7.30. The van der Waals surface area contributed by atoms with Crippen molar-refractivity contribution in [2.75, 3.05) is 0 Å². The zero-order valence-corrected chi connectivity index (χ0v) is 15.8. The summed E-state index contributed by atoms with van der Waals surface area (Å²) in [4.78, 5) is 0. The van der Waals surface area contributed by atoms with Crippen LogP contribution in [0.3, 0.4) is 0 Å². The lowest BCUT2D eigenvalue weighted by molar-refractivity contribution is 1.12. The Morgan fingerprint density at radius 2 is 1.62 bits per heavy atom. The van der Waals surface area contributed by atoms with E-state index in [-0.39, 0.29) is 0 Å². The van der Waals surface area contributed by atoms with Crippen LogP contribution < -0.4 is 0 Å². The van der Waals surface area contributed by atoms with E-state index in [4.69, 9.17) is 0 Å². The van der Waals surface area contributed by atoms with E-state index in [0.717, 1.165) is 10.9 Å². The molecular weight excluding hydrogens is 358 g/mol. The molecule has 0 saturated carbocycles. The highest BCUT2D eigenvalue weighted by atomic mass is 79.9. The highest BCUT2D eigenvalue weighted by molar-refractivity contribution is 9.10. The van der Waals surface area contributed by atoms with Gasteiger partial charge in [-0.1, -0.05) is 47.1 Å². The third kappa shape index (κ3) is 2.29. The molecule has 4 aromatic rings. The molecule has 120 valence electrons. The van der Waals surface area contributed by atoms with Crippen molar-refractivity contribution in [3.8, 4) is 5.69 Å².